The molecule has 0 bridgehead atoms. The Morgan fingerprint density at radius 2 is 1.81 bits per heavy atom. The van der Waals surface area contributed by atoms with Crippen LogP contribution in [0.15, 0.2) is 65.2 Å². The van der Waals surface area contributed by atoms with Crippen LogP contribution < -0.4 is 0 Å². The molecule has 136 valence electrons. The van der Waals surface area contributed by atoms with Crippen LogP contribution in [0.3, 0.4) is 0 Å². The number of carbonyl (C=O) groups is 1. The molecule has 0 aliphatic carbocycles. The molecule has 0 radical (unpaired) electrons. The molecule has 2 heterocycles. The molecule has 0 saturated carbocycles. The van der Waals surface area contributed by atoms with Crippen molar-refractivity contribution in [2.45, 2.75) is 20.0 Å². The van der Waals surface area contributed by atoms with Crippen LogP contribution in [0.1, 0.15) is 11.5 Å². The van der Waals surface area contributed by atoms with Gasteiger partial charge < -0.3 is 13.9 Å². The van der Waals surface area contributed by atoms with Crippen LogP contribution in [0.2, 0.25) is 0 Å². The minimum atomic E-state index is 0.0351. The van der Waals surface area contributed by atoms with Crippen LogP contribution in [-0.2, 0) is 17.9 Å². The van der Waals surface area contributed by atoms with Gasteiger partial charge in [0, 0.05) is 37.6 Å². The van der Waals surface area contributed by atoms with Crippen LogP contribution in [0.4, 0.5) is 0 Å². The summed E-state index contributed by atoms with van der Waals surface area (Å²) in [5.74, 6) is 1.01. The van der Waals surface area contributed by atoms with Gasteiger partial charge in [0.1, 0.15) is 6.54 Å². The van der Waals surface area contributed by atoms with E-state index in [1.165, 1.54) is 0 Å². The SMILES string of the molecule is Cc1nnc(-c2cn(CC(=O)N(C)Cc3ccccc3)c3ccccc23)o1. The second kappa shape index (κ2) is 7.07. The standard InChI is InChI=1S/C21H20N4O2/c1-15-22-23-21(27-15)18-13-25(19-11-7-6-10-17(18)19)14-20(26)24(2)12-16-8-4-3-5-9-16/h3-11,13H,12,14H2,1-2H3. The molecule has 0 saturated heterocycles. The number of carbonyl (C=O) groups excluding carboxylic acids is 1. The van der Waals surface area contributed by atoms with Crippen molar-refractivity contribution >= 4 is 16.8 Å². The molecule has 0 atom stereocenters. The topological polar surface area (TPSA) is 64.2 Å². The number of likely N-dealkylation sites (N-methyl/N-ethyl adjacent to an activating group) is 1. The normalized spacial score (nSPS) is 11.0. The summed E-state index contributed by atoms with van der Waals surface area (Å²) in [6, 6.07) is 17.9. The number of aryl methyl sites for hydroxylation is 1. The van der Waals surface area contributed by atoms with Gasteiger partial charge in [0.05, 0.1) is 5.56 Å². The molecule has 0 spiro atoms. The Labute approximate surface area is 157 Å². The number of aromatic nitrogens is 3. The molecule has 4 rings (SSSR count). The van der Waals surface area contributed by atoms with E-state index in [2.05, 4.69) is 10.2 Å². The Hall–Kier alpha value is -3.41. The Morgan fingerprint density at radius 1 is 1.07 bits per heavy atom. The summed E-state index contributed by atoms with van der Waals surface area (Å²) in [5, 5.41) is 9.02. The average molecular weight is 360 g/mol. The molecule has 0 aliphatic rings. The lowest BCUT2D eigenvalue weighted by Crippen LogP contribution is -2.29. The van der Waals surface area contributed by atoms with Crippen LogP contribution in [0.5, 0.6) is 0 Å². The third-order valence-electron chi connectivity index (χ3n) is 4.54. The third-order valence-corrected chi connectivity index (χ3v) is 4.54. The van der Waals surface area contributed by atoms with Gasteiger partial charge >= 0.3 is 0 Å². The Bertz CT molecular complexity index is 1080. The maximum absolute atomic E-state index is 12.8. The van der Waals surface area contributed by atoms with Crippen LogP contribution >= 0.6 is 0 Å². The number of hydrogen-bond acceptors (Lipinski definition) is 4. The van der Waals surface area contributed by atoms with Gasteiger partial charge in [-0.05, 0) is 11.6 Å². The largest absolute Gasteiger partial charge is 0.421 e. The fourth-order valence-electron chi connectivity index (χ4n) is 3.17. The highest BCUT2D eigenvalue weighted by molar-refractivity contribution is 5.94. The minimum absolute atomic E-state index is 0.0351. The lowest BCUT2D eigenvalue weighted by molar-refractivity contribution is -0.131. The fourth-order valence-corrected chi connectivity index (χ4v) is 3.17. The maximum Gasteiger partial charge on any atom is 0.249 e. The van der Waals surface area contributed by atoms with Crippen LogP contribution in [0, 0.1) is 6.92 Å². The van der Waals surface area contributed by atoms with Gasteiger partial charge in [-0.25, -0.2) is 0 Å². The maximum atomic E-state index is 12.8. The van der Waals surface area contributed by atoms with Crippen molar-refractivity contribution in [1.82, 2.24) is 19.7 Å². The van der Waals surface area contributed by atoms with Gasteiger partial charge in [0.15, 0.2) is 0 Å². The van der Waals surface area contributed by atoms with Gasteiger partial charge in [-0.15, -0.1) is 10.2 Å². The van der Waals surface area contributed by atoms with Gasteiger partial charge in [-0.3, -0.25) is 4.79 Å². The van der Waals surface area contributed by atoms with E-state index in [0.29, 0.717) is 18.3 Å². The van der Waals surface area contributed by atoms with Crippen LogP contribution in [0.25, 0.3) is 22.4 Å². The van der Waals surface area contributed by atoms with Crippen molar-refractivity contribution in [3.63, 3.8) is 0 Å². The summed E-state index contributed by atoms with van der Waals surface area (Å²) in [4.78, 5) is 14.5. The van der Waals surface area contributed by atoms with Crippen molar-refractivity contribution in [2.24, 2.45) is 0 Å². The van der Waals surface area contributed by atoms with E-state index in [4.69, 9.17) is 4.42 Å². The van der Waals surface area contributed by atoms with Crippen LogP contribution in [-0.4, -0.2) is 32.6 Å². The predicted octanol–water partition coefficient (Wildman–Crippen LogP) is 3.66. The number of hydrogen-bond donors (Lipinski definition) is 0. The summed E-state index contributed by atoms with van der Waals surface area (Å²) in [5.41, 5.74) is 2.90. The van der Waals surface area contributed by atoms with Crippen molar-refractivity contribution in [2.75, 3.05) is 7.05 Å². The molecule has 0 unspecified atom stereocenters. The van der Waals surface area contributed by atoms with E-state index < -0.39 is 0 Å². The molecule has 6 nitrogen and oxygen atoms in total. The highest BCUT2D eigenvalue weighted by atomic mass is 16.4. The Kier molecular flexibility index (Phi) is 4.46. The molecule has 1 amide bonds. The Balaban J connectivity index is 1.61. The minimum Gasteiger partial charge on any atom is -0.421 e. The zero-order chi connectivity index (χ0) is 18.8. The van der Waals surface area contributed by atoms with Crippen molar-refractivity contribution in [3.05, 3.63) is 72.2 Å². The average Bonchev–Trinajstić information content (AvgIpc) is 3.26. The smallest absolute Gasteiger partial charge is 0.249 e. The number of fused-ring (bicyclic) bond motifs is 1. The molecule has 4 aromatic rings. The molecular formula is C21H20N4O2. The number of rotatable bonds is 5. The first-order chi connectivity index (χ1) is 13.1. The third kappa shape index (κ3) is 3.46. The van der Waals surface area contributed by atoms with Crippen molar-refractivity contribution < 1.29 is 9.21 Å². The van der Waals surface area contributed by atoms with Gasteiger partial charge in [-0.1, -0.05) is 48.5 Å². The molecule has 2 aromatic carbocycles. The number of amides is 1. The zero-order valence-electron chi connectivity index (χ0n) is 15.3. The zero-order valence-corrected chi connectivity index (χ0v) is 15.3. The first-order valence-electron chi connectivity index (χ1n) is 8.78. The second-order valence-corrected chi connectivity index (χ2v) is 6.55. The van der Waals surface area contributed by atoms with Gasteiger partial charge in [-0.2, -0.15) is 0 Å². The highest BCUT2D eigenvalue weighted by Gasteiger charge is 2.17. The Morgan fingerprint density at radius 3 is 2.56 bits per heavy atom. The quantitative estimate of drug-likeness (QED) is 0.545. The first-order valence-corrected chi connectivity index (χ1v) is 8.78. The van der Waals surface area contributed by atoms with E-state index in [0.717, 1.165) is 22.0 Å². The summed E-state index contributed by atoms with van der Waals surface area (Å²) in [6.45, 7) is 2.59. The number of para-hydroxylation sites is 1. The van der Waals surface area contributed by atoms with Crippen molar-refractivity contribution in [1.29, 1.82) is 0 Å². The lowest BCUT2D eigenvalue weighted by Gasteiger charge is -2.18. The molecule has 0 fully saturated rings. The molecule has 0 aliphatic heterocycles. The van der Waals surface area contributed by atoms with Gasteiger partial charge in [0.2, 0.25) is 17.7 Å². The predicted molar refractivity (Wildman–Crippen MR) is 103 cm³/mol. The molecule has 2 aromatic heterocycles. The molecule has 6 heteroatoms. The lowest BCUT2D eigenvalue weighted by atomic mass is 10.2. The monoisotopic (exact) mass is 360 g/mol. The highest BCUT2D eigenvalue weighted by Crippen LogP contribution is 2.29. The molecular weight excluding hydrogens is 340 g/mol. The van der Waals surface area contributed by atoms with E-state index in [-0.39, 0.29) is 12.5 Å². The van der Waals surface area contributed by atoms with E-state index in [1.807, 2.05) is 72.4 Å². The number of benzene rings is 2. The molecule has 27 heavy (non-hydrogen) atoms. The summed E-state index contributed by atoms with van der Waals surface area (Å²) >= 11 is 0. The van der Waals surface area contributed by atoms with E-state index in [1.54, 1.807) is 11.8 Å². The van der Waals surface area contributed by atoms with Gasteiger partial charge in [0.25, 0.3) is 0 Å². The molecule has 0 N–H and O–H groups in total. The fraction of sp³-hybridized carbons (Fsp3) is 0.190. The number of nitrogens with zero attached hydrogens (tertiary/aromatic N) is 4. The summed E-state index contributed by atoms with van der Waals surface area (Å²) < 4.78 is 7.53. The summed E-state index contributed by atoms with van der Waals surface area (Å²) in [7, 11) is 1.82. The second-order valence-electron chi connectivity index (χ2n) is 6.55. The van der Waals surface area contributed by atoms with Crippen molar-refractivity contribution in [3.8, 4) is 11.5 Å². The van der Waals surface area contributed by atoms with E-state index >= 15 is 0 Å². The van der Waals surface area contributed by atoms with E-state index in [9.17, 15) is 4.79 Å². The first kappa shape index (κ1) is 17.0. The summed E-state index contributed by atoms with van der Waals surface area (Å²) in [6.07, 6.45) is 1.91.